The Labute approximate surface area is 100 Å². The van der Waals surface area contributed by atoms with Gasteiger partial charge >= 0.3 is 0 Å². The van der Waals surface area contributed by atoms with E-state index < -0.39 is 0 Å². The first-order valence-electron chi connectivity index (χ1n) is 5.78. The number of benzene rings is 1. The Balaban J connectivity index is 2.03. The van der Waals surface area contributed by atoms with Crippen LogP contribution in [0.25, 0.3) is 0 Å². The first-order valence-corrected chi connectivity index (χ1v) is 6.58. The number of aryl methyl sites for hydroxylation is 1. The van der Waals surface area contributed by atoms with Gasteiger partial charge in [-0.05, 0) is 43.5 Å². The molecule has 1 aliphatic rings. The van der Waals surface area contributed by atoms with E-state index >= 15 is 0 Å². The van der Waals surface area contributed by atoms with Gasteiger partial charge in [-0.2, -0.15) is 0 Å². The van der Waals surface area contributed by atoms with Crippen LogP contribution in [0.5, 0.6) is 0 Å². The second kappa shape index (κ2) is 5.02. The molecular formula is C13H18BrN. The third-order valence-electron chi connectivity index (χ3n) is 3.15. The highest BCUT2D eigenvalue weighted by Crippen LogP contribution is 2.25. The van der Waals surface area contributed by atoms with E-state index in [0.717, 1.165) is 4.47 Å². The highest BCUT2D eigenvalue weighted by molar-refractivity contribution is 9.10. The second-order valence-corrected chi connectivity index (χ2v) is 5.35. The van der Waals surface area contributed by atoms with Crippen LogP contribution in [0.1, 0.15) is 37.7 Å². The van der Waals surface area contributed by atoms with Crippen molar-refractivity contribution in [3.05, 3.63) is 28.2 Å². The van der Waals surface area contributed by atoms with Gasteiger partial charge in [-0.3, -0.25) is 0 Å². The smallest absolute Gasteiger partial charge is 0.0372 e. The Kier molecular flexibility index (Phi) is 3.68. The number of nitrogens with one attached hydrogen (secondary N) is 1. The molecule has 82 valence electrons. The maximum absolute atomic E-state index is 3.66. The van der Waals surface area contributed by atoms with Crippen LogP contribution < -0.4 is 5.32 Å². The average molecular weight is 268 g/mol. The van der Waals surface area contributed by atoms with Crippen LogP contribution in [0.4, 0.5) is 5.69 Å². The molecular weight excluding hydrogens is 250 g/mol. The molecule has 0 spiro atoms. The van der Waals surface area contributed by atoms with Crippen molar-refractivity contribution >= 4 is 21.6 Å². The molecule has 1 saturated carbocycles. The predicted molar refractivity (Wildman–Crippen MR) is 69.4 cm³/mol. The van der Waals surface area contributed by atoms with Crippen molar-refractivity contribution in [2.45, 2.75) is 45.1 Å². The lowest BCUT2D eigenvalue weighted by Gasteiger charge is -2.24. The Morgan fingerprint density at radius 1 is 1.20 bits per heavy atom. The van der Waals surface area contributed by atoms with Crippen LogP contribution in [0.15, 0.2) is 22.7 Å². The molecule has 0 unspecified atom stereocenters. The normalized spacial score (nSPS) is 17.7. The maximum atomic E-state index is 3.66. The van der Waals surface area contributed by atoms with Crippen molar-refractivity contribution in [2.75, 3.05) is 5.32 Å². The third kappa shape index (κ3) is 2.97. The molecule has 1 aliphatic carbocycles. The van der Waals surface area contributed by atoms with Gasteiger partial charge in [0.2, 0.25) is 0 Å². The quantitative estimate of drug-likeness (QED) is 0.832. The second-order valence-electron chi connectivity index (χ2n) is 4.44. The topological polar surface area (TPSA) is 12.0 Å². The molecule has 0 aliphatic heterocycles. The summed E-state index contributed by atoms with van der Waals surface area (Å²) in [7, 11) is 0. The largest absolute Gasteiger partial charge is 0.382 e. The molecule has 0 atom stereocenters. The Hall–Kier alpha value is -0.500. The fourth-order valence-electron chi connectivity index (χ4n) is 2.26. The van der Waals surface area contributed by atoms with E-state index in [1.165, 1.54) is 43.4 Å². The van der Waals surface area contributed by atoms with Gasteiger partial charge in [0.05, 0.1) is 0 Å². The van der Waals surface area contributed by atoms with Gasteiger partial charge in [0, 0.05) is 16.2 Å². The number of hydrogen-bond donors (Lipinski definition) is 1. The molecule has 1 aromatic rings. The molecule has 2 rings (SSSR count). The summed E-state index contributed by atoms with van der Waals surface area (Å²) in [5.74, 6) is 0. The van der Waals surface area contributed by atoms with Crippen molar-refractivity contribution in [3.63, 3.8) is 0 Å². The summed E-state index contributed by atoms with van der Waals surface area (Å²) in [5, 5.41) is 3.66. The average Bonchev–Trinajstić information content (AvgIpc) is 2.24. The third-order valence-corrected chi connectivity index (χ3v) is 3.65. The maximum Gasteiger partial charge on any atom is 0.0372 e. The van der Waals surface area contributed by atoms with Crippen LogP contribution >= 0.6 is 15.9 Å². The van der Waals surface area contributed by atoms with E-state index in [0.29, 0.717) is 6.04 Å². The predicted octanol–water partition coefficient (Wildman–Crippen LogP) is 4.50. The summed E-state index contributed by atoms with van der Waals surface area (Å²) in [6, 6.07) is 7.15. The van der Waals surface area contributed by atoms with Crippen molar-refractivity contribution in [3.8, 4) is 0 Å². The summed E-state index contributed by atoms with van der Waals surface area (Å²) >= 11 is 3.49. The molecule has 0 aromatic heterocycles. The zero-order valence-electron chi connectivity index (χ0n) is 9.22. The summed E-state index contributed by atoms with van der Waals surface area (Å²) < 4.78 is 1.16. The van der Waals surface area contributed by atoms with Gasteiger partial charge in [0.15, 0.2) is 0 Å². The molecule has 0 radical (unpaired) electrons. The zero-order valence-corrected chi connectivity index (χ0v) is 10.8. The number of anilines is 1. The molecule has 15 heavy (non-hydrogen) atoms. The lowest BCUT2D eigenvalue weighted by Crippen LogP contribution is -2.22. The fourth-order valence-corrected chi connectivity index (χ4v) is 2.73. The zero-order chi connectivity index (χ0) is 10.7. The van der Waals surface area contributed by atoms with Crippen molar-refractivity contribution < 1.29 is 0 Å². The van der Waals surface area contributed by atoms with E-state index in [1.54, 1.807) is 0 Å². The molecule has 1 aromatic carbocycles. The summed E-state index contributed by atoms with van der Waals surface area (Å²) in [5.41, 5.74) is 2.63. The molecule has 0 bridgehead atoms. The van der Waals surface area contributed by atoms with E-state index in [4.69, 9.17) is 0 Å². The number of hydrogen-bond acceptors (Lipinski definition) is 1. The molecule has 1 fully saturated rings. The van der Waals surface area contributed by atoms with Gasteiger partial charge in [0.25, 0.3) is 0 Å². The molecule has 0 amide bonds. The number of halogens is 1. The highest BCUT2D eigenvalue weighted by atomic mass is 79.9. The van der Waals surface area contributed by atoms with Crippen molar-refractivity contribution in [2.24, 2.45) is 0 Å². The van der Waals surface area contributed by atoms with Gasteiger partial charge in [0.1, 0.15) is 0 Å². The number of rotatable bonds is 2. The Morgan fingerprint density at radius 3 is 2.60 bits per heavy atom. The Morgan fingerprint density at radius 2 is 1.93 bits per heavy atom. The lowest BCUT2D eigenvalue weighted by molar-refractivity contribution is 0.462. The van der Waals surface area contributed by atoms with E-state index in [1.807, 2.05) is 0 Å². The minimum Gasteiger partial charge on any atom is -0.382 e. The van der Waals surface area contributed by atoms with Crippen LogP contribution in [-0.4, -0.2) is 6.04 Å². The van der Waals surface area contributed by atoms with E-state index in [-0.39, 0.29) is 0 Å². The molecule has 0 heterocycles. The van der Waals surface area contributed by atoms with Crippen LogP contribution in [-0.2, 0) is 0 Å². The SMILES string of the molecule is Cc1cc(Br)ccc1NC1CCCCC1. The lowest BCUT2D eigenvalue weighted by atomic mass is 9.95. The van der Waals surface area contributed by atoms with E-state index in [9.17, 15) is 0 Å². The van der Waals surface area contributed by atoms with Gasteiger partial charge in [-0.1, -0.05) is 35.2 Å². The minimum atomic E-state index is 0.693. The molecule has 1 nitrogen and oxygen atoms in total. The van der Waals surface area contributed by atoms with Crippen LogP contribution in [0, 0.1) is 6.92 Å². The van der Waals surface area contributed by atoms with Crippen molar-refractivity contribution in [1.82, 2.24) is 0 Å². The monoisotopic (exact) mass is 267 g/mol. The highest BCUT2D eigenvalue weighted by Gasteiger charge is 2.13. The van der Waals surface area contributed by atoms with Gasteiger partial charge in [-0.15, -0.1) is 0 Å². The van der Waals surface area contributed by atoms with Crippen molar-refractivity contribution in [1.29, 1.82) is 0 Å². The molecule has 2 heteroatoms. The van der Waals surface area contributed by atoms with Gasteiger partial charge < -0.3 is 5.32 Å². The summed E-state index contributed by atoms with van der Waals surface area (Å²) in [6.45, 7) is 2.16. The fraction of sp³-hybridized carbons (Fsp3) is 0.538. The van der Waals surface area contributed by atoms with Crippen LogP contribution in [0.3, 0.4) is 0 Å². The molecule has 0 saturated heterocycles. The van der Waals surface area contributed by atoms with Crippen LogP contribution in [0.2, 0.25) is 0 Å². The van der Waals surface area contributed by atoms with E-state index in [2.05, 4.69) is 46.4 Å². The first kappa shape index (κ1) is 11.0. The summed E-state index contributed by atoms with van der Waals surface area (Å²) in [6.07, 6.45) is 6.84. The Bertz CT molecular complexity index is 329. The standard InChI is InChI=1S/C13H18BrN/c1-10-9-11(14)7-8-13(10)15-12-5-3-2-4-6-12/h7-9,12,15H,2-6H2,1H3. The summed E-state index contributed by atoms with van der Waals surface area (Å²) in [4.78, 5) is 0. The minimum absolute atomic E-state index is 0.693. The first-order chi connectivity index (χ1) is 7.25. The molecule has 1 N–H and O–H groups in total. The van der Waals surface area contributed by atoms with Gasteiger partial charge in [-0.25, -0.2) is 0 Å².